The van der Waals surface area contributed by atoms with Crippen LogP contribution in [0.25, 0.3) is 0 Å². The van der Waals surface area contributed by atoms with Crippen molar-refractivity contribution in [3.05, 3.63) is 16.5 Å². The fraction of sp³-hybridized carbons (Fsp3) is 0.375. The van der Waals surface area contributed by atoms with Gasteiger partial charge in [0.25, 0.3) is 0 Å². The van der Waals surface area contributed by atoms with Gasteiger partial charge in [-0.15, -0.1) is 0 Å². The summed E-state index contributed by atoms with van der Waals surface area (Å²) in [4.78, 5) is 18.8. The first-order valence-corrected chi connectivity index (χ1v) is 4.76. The molecule has 0 N–H and O–H groups in total. The Morgan fingerprint density at radius 3 is 3.00 bits per heavy atom. The Labute approximate surface area is 89.6 Å². The molecule has 0 atom stereocenters. The molecule has 1 aromatic rings. The summed E-state index contributed by atoms with van der Waals surface area (Å²) >= 11 is 3.15. The molecule has 0 aliphatic heterocycles. The molecule has 0 spiro atoms. The predicted octanol–water partition coefficient (Wildman–Crippen LogP) is 2.08. The van der Waals surface area contributed by atoms with Crippen molar-refractivity contribution in [1.29, 1.82) is 0 Å². The third-order valence-electron chi connectivity index (χ3n) is 1.27. The minimum atomic E-state index is -0.772. The normalized spacial score (nSPS) is 9.64. The number of nitrogens with zero attached hydrogens (tertiary/aromatic N) is 2. The van der Waals surface area contributed by atoms with Gasteiger partial charge >= 0.3 is 6.16 Å². The summed E-state index contributed by atoms with van der Waals surface area (Å²) < 4.78 is 9.92. The van der Waals surface area contributed by atoms with E-state index in [-0.39, 0.29) is 12.5 Å². The lowest BCUT2D eigenvalue weighted by molar-refractivity contribution is 0.102. The van der Waals surface area contributed by atoms with E-state index >= 15 is 0 Å². The summed E-state index contributed by atoms with van der Waals surface area (Å²) in [5.41, 5.74) is 0. The van der Waals surface area contributed by atoms with Crippen LogP contribution < -0.4 is 4.74 Å². The maximum Gasteiger partial charge on any atom is 0.515 e. The Morgan fingerprint density at radius 2 is 2.36 bits per heavy atom. The van der Waals surface area contributed by atoms with Crippen molar-refractivity contribution in [2.75, 3.05) is 6.61 Å². The van der Waals surface area contributed by atoms with Gasteiger partial charge < -0.3 is 9.47 Å². The van der Waals surface area contributed by atoms with Gasteiger partial charge in [-0.25, -0.2) is 9.78 Å². The second kappa shape index (κ2) is 4.90. The molecule has 0 amide bonds. The molecule has 1 heterocycles. The molecule has 76 valence electrons. The van der Waals surface area contributed by atoms with Crippen LogP contribution in [0.3, 0.4) is 0 Å². The molecule has 6 heteroatoms. The third-order valence-corrected chi connectivity index (χ3v) is 1.82. The Balaban J connectivity index is 2.75. The minimum absolute atomic E-state index is 0.163. The molecule has 1 aromatic heterocycles. The Bertz CT molecular complexity index is 343. The number of ether oxygens (including phenoxy) is 2. The largest absolute Gasteiger partial charge is 0.515 e. The van der Waals surface area contributed by atoms with Crippen molar-refractivity contribution in [2.24, 2.45) is 0 Å². The van der Waals surface area contributed by atoms with Crippen LogP contribution in [-0.4, -0.2) is 22.7 Å². The van der Waals surface area contributed by atoms with E-state index in [1.54, 1.807) is 13.8 Å². The SMILES string of the molecule is CCOC(=O)Oc1nc(C)ncc1Br. The van der Waals surface area contributed by atoms with Crippen LogP contribution in [-0.2, 0) is 4.74 Å². The molecule has 0 fully saturated rings. The van der Waals surface area contributed by atoms with Crippen LogP contribution in [0.15, 0.2) is 10.7 Å². The monoisotopic (exact) mass is 260 g/mol. The number of hydrogen-bond acceptors (Lipinski definition) is 5. The standard InChI is InChI=1S/C8H9BrN2O3/c1-3-13-8(12)14-7-6(9)4-10-5(2)11-7/h4H,3H2,1-2H3. The summed E-state index contributed by atoms with van der Waals surface area (Å²) in [5, 5.41) is 0. The van der Waals surface area contributed by atoms with Crippen molar-refractivity contribution < 1.29 is 14.3 Å². The molecule has 5 nitrogen and oxygen atoms in total. The second-order valence-electron chi connectivity index (χ2n) is 2.36. The molecule has 0 unspecified atom stereocenters. The highest BCUT2D eigenvalue weighted by molar-refractivity contribution is 9.10. The first-order chi connectivity index (χ1) is 6.63. The highest BCUT2D eigenvalue weighted by Gasteiger charge is 2.10. The average Bonchev–Trinajstić information content (AvgIpc) is 2.12. The molecule has 0 radical (unpaired) electrons. The number of aromatic nitrogens is 2. The van der Waals surface area contributed by atoms with E-state index < -0.39 is 6.16 Å². The van der Waals surface area contributed by atoms with Crippen LogP contribution in [0.5, 0.6) is 5.88 Å². The minimum Gasteiger partial charge on any atom is -0.434 e. The highest BCUT2D eigenvalue weighted by atomic mass is 79.9. The Kier molecular flexibility index (Phi) is 3.82. The third kappa shape index (κ3) is 2.95. The van der Waals surface area contributed by atoms with E-state index in [1.807, 2.05) is 0 Å². The Morgan fingerprint density at radius 1 is 1.64 bits per heavy atom. The van der Waals surface area contributed by atoms with Gasteiger partial charge in [-0.3, -0.25) is 0 Å². The zero-order valence-corrected chi connectivity index (χ0v) is 9.37. The molecule has 1 rings (SSSR count). The predicted molar refractivity (Wildman–Crippen MR) is 52.1 cm³/mol. The molecule has 0 saturated carbocycles. The van der Waals surface area contributed by atoms with Gasteiger partial charge in [-0.2, -0.15) is 4.98 Å². The summed E-state index contributed by atoms with van der Waals surface area (Å²) in [6.45, 7) is 3.66. The second-order valence-corrected chi connectivity index (χ2v) is 3.21. The van der Waals surface area contributed by atoms with Crippen molar-refractivity contribution in [2.45, 2.75) is 13.8 Å². The molecular formula is C8H9BrN2O3. The van der Waals surface area contributed by atoms with Crippen LogP contribution in [0, 0.1) is 6.92 Å². The van der Waals surface area contributed by atoms with Crippen molar-refractivity contribution in [3.8, 4) is 5.88 Å². The smallest absolute Gasteiger partial charge is 0.434 e. The van der Waals surface area contributed by atoms with Gasteiger partial charge in [-0.05, 0) is 29.8 Å². The lowest BCUT2D eigenvalue weighted by Gasteiger charge is -2.04. The summed E-state index contributed by atoms with van der Waals surface area (Å²) in [6, 6.07) is 0. The van der Waals surface area contributed by atoms with Crippen molar-refractivity contribution >= 4 is 22.1 Å². The topological polar surface area (TPSA) is 61.3 Å². The van der Waals surface area contributed by atoms with Crippen LogP contribution in [0.1, 0.15) is 12.7 Å². The van der Waals surface area contributed by atoms with Crippen LogP contribution in [0.2, 0.25) is 0 Å². The summed E-state index contributed by atoms with van der Waals surface area (Å²) in [5.74, 6) is 0.684. The molecule has 0 saturated heterocycles. The first kappa shape index (κ1) is 10.9. The van der Waals surface area contributed by atoms with Crippen LogP contribution in [0.4, 0.5) is 4.79 Å². The zero-order valence-electron chi connectivity index (χ0n) is 7.78. The number of carbonyl (C=O) groups excluding carboxylic acids is 1. The maximum atomic E-state index is 11.0. The highest BCUT2D eigenvalue weighted by Crippen LogP contribution is 2.21. The van der Waals surface area contributed by atoms with Gasteiger partial charge in [0.1, 0.15) is 5.82 Å². The van der Waals surface area contributed by atoms with E-state index in [1.165, 1.54) is 6.20 Å². The Hall–Kier alpha value is -1.17. The lowest BCUT2D eigenvalue weighted by Crippen LogP contribution is -2.11. The fourth-order valence-corrected chi connectivity index (χ4v) is 1.00. The van der Waals surface area contributed by atoms with E-state index in [0.29, 0.717) is 10.3 Å². The van der Waals surface area contributed by atoms with E-state index in [0.717, 1.165) is 0 Å². The summed E-state index contributed by atoms with van der Waals surface area (Å²) in [7, 11) is 0. The van der Waals surface area contributed by atoms with Gasteiger partial charge in [0, 0.05) is 6.20 Å². The number of halogens is 1. The van der Waals surface area contributed by atoms with Gasteiger partial charge in [0.2, 0.25) is 5.88 Å². The fourth-order valence-electron chi connectivity index (χ4n) is 0.732. The zero-order chi connectivity index (χ0) is 10.6. The van der Waals surface area contributed by atoms with E-state index in [9.17, 15) is 4.79 Å². The molecule has 14 heavy (non-hydrogen) atoms. The average molecular weight is 261 g/mol. The summed E-state index contributed by atoms with van der Waals surface area (Å²) in [6.07, 6.45) is 0.739. The molecule has 0 aliphatic carbocycles. The molecule has 0 aliphatic rings. The molecular weight excluding hydrogens is 252 g/mol. The van der Waals surface area contributed by atoms with Crippen molar-refractivity contribution in [1.82, 2.24) is 9.97 Å². The van der Waals surface area contributed by atoms with Gasteiger partial charge in [0.15, 0.2) is 0 Å². The lowest BCUT2D eigenvalue weighted by atomic mass is 10.6. The van der Waals surface area contributed by atoms with Crippen molar-refractivity contribution in [3.63, 3.8) is 0 Å². The van der Waals surface area contributed by atoms with Gasteiger partial charge in [-0.1, -0.05) is 0 Å². The number of rotatable bonds is 2. The first-order valence-electron chi connectivity index (χ1n) is 3.97. The van der Waals surface area contributed by atoms with Crippen LogP contribution >= 0.6 is 15.9 Å². The van der Waals surface area contributed by atoms with E-state index in [2.05, 4.69) is 30.6 Å². The quantitative estimate of drug-likeness (QED) is 0.762. The number of aryl methyl sites for hydroxylation is 1. The maximum absolute atomic E-state index is 11.0. The number of hydrogen-bond donors (Lipinski definition) is 0. The molecule has 0 bridgehead atoms. The van der Waals surface area contributed by atoms with E-state index in [4.69, 9.17) is 4.74 Å². The van der Waals surface area contributed by atoms with Gasteiger partial charge in [0.05, 0.1) is 11.1 Å². The number of carbonyl (C=O) groups is 1. The molecule has 0 aromatic carbocycles.